The Balaban J connectivity index is 4.36. The van der Waals surface area contributed by atoms with E-state index in [4.69, 9.17) is 4.74 Å². The summed E-state index contributed by atoms with van der Waals surface area (Å²) in [6.07, 6.45) is 0. The maximum Gasteiger partial charge on any atom is 0.243 e. The summed E-state index contributed by atoms with van der Waals surface area (Å²) < 4.78 is 4.98. The second-order valence-electron chi connectivity index (χ2n) is 4.24. The Morgan fingerprint density at radius 2 is 2.00 bits per heavy atom. The number of carbonyl (C=O) groups excluding carboxylic acids is 2. The molecule has 0 bridgehead atoms. The monoisotopic (exact) mass is 248 g/mol. The van der Waals surface area contributed by atoms with Gasteiger partial charge in [0.25, 0.3) is 0 Å². The standard InChI is InChI=1S/C10H20N2O3S/c1-7(13)11-8(5-16)9(14)12-10(2,3)6-15-4/h8,16H,5-6H2,1-4H3,(H,11,13)(H,12,14). The molecule has 0 aliphatic carbocycles. The molecule has 94 valence electrons. The van der Waals surface area contributed by atoms with Crippen molar-refractivity contribution in [2.75, 3.05) is 19.5 Å². The quantitative estimate of drug-likeness (QED) is 0.578. The first-order valence-corrected chi connectivity index (χ1v) is 5.64. The Hall–Kier alpha value is -0.750. The fraction of sp³-hybridized carbons (Fsp3) is 0.800. The highest BCUT2D eigenvalue weighted by Gasteiger charge is 2.25. The Morgan fingerprint density at radius 3 is 2.38 bits per heavy atom. The van der Waals surface area contributed by atoms with Crippen LogP contribution in [0.3, 0.4) is 0 Å². The SMILES string of the molecule is COCC(C)(C)NC(=O)C(CS)NC(C)=O. The summed E-state index contributed by atoms with van der Waals surface area (Å²) in [6.45, 7) is 5.46. The van der Waals surface area contributed by atoms with Gasteiger partial charge < -0.3 is 15.4 Å². The summed E-state index contributed by atoms with van der Waals surface area (Å²) in [6, 6.07) is -0.614. The maximum absolute atomic E-state index is 11.8. The minimum atomic E-state index is -0.614. The lowest BCUT2D eigenvalue weighted by atomic mass is 10.1. The van der Waals surface area contributed by atoms with Crippen molar-refractivity contribution in [3.63, 3.8) is 0 Å². The minimum absolute atomic E-state index is 0.251. The first-order valence-electron chi connectivity index (χ1n) is 5.01. The molecule has 0 radical (unpaired) electrons. The molecule has 0 aromatic rings. The highest BCUT2D eigenvalue weighted by molar-refractivity contribution is 7.80. The lowest BCUT2D eigenvalue weighted by molar-refractivity contribution is -0.129. The molecule has 0 saturated heterocycles. The van der Waals surface area contributed by atoms with Crippen molar-refractivity contribution in [3.05, 3.63) is 0 Å². The van der Waals surface area contributed by atoms with Crippen molar-refractivity contribution in [1.82, 2.24) is 10.6 Å². The summed E-state index contributed by atoms with van der Waals surface area (Å²) in [5.74, 6) is -0.250. The zero-order valence-electron chi connectivity index (χ0n) is 10.2. The fourth-order valence-corrected chi connectivity index (χ4v) is 1.51. The highest BCUT2D eigenvalue weighted by atomic mass is 32.1. The summed E-state index contributed by atoms with van der Waals surface area (Å²) in [7, 11) is 1.57. The Bertz CT molecular complexity index is 256. The number of hydrogen-bond acceptors (Lipinski definition) is 4. The van der Waals surface area contributed by atoms with Gasteiger partial charge in [-0.15, -0.1) is 0 Å². The van der Waals surface area contributed by atoms with Gasteiger partial charge in [-0.25, -0.2) is 0 Å². The van der Waals surface area contributed by atoms with Crippen LogP contribution in [0.4, 0.5) is 0 Å². The number of ether oxygens (including phenoxy) is 1. The Kier molecular flexibility index (Phi) is 6.43. The normalized spacial score (nSPS) is 13.1. The van der Waals surface area contributed by atoms with Crippen LogP contribution < -0.4 is 10.6 Å². The first kappa shape index (κ1) is 15.2. The molecule has 0 aliphatic heterocycles. The molecule has 0 fully saturated rings. The molecule has 0 spiro atoms. The van der Waals surface area contributed by atoms with Gasteiger partial charge in [0, 0.05) is 19.8 Å². The smallest absolute Gasteiger partial charge is 0.243 e. The molecular formula is C10H20N2O3S. The molecule has 6 heteroatoms. The average molecular weight is 248 g/mol. The predicted molar refractivity (Wildman–Crippen MR) is 65.6 cm³/mol. The van der Waals surface area contributed by atoms with Gasteiger partial charge in [0.2, 0.25) is 11.8 Å². The first-order chi connectivity index (χ1) is 7.32. The van der Waals surface area contributed by atoms with Gasteiger partial charge in [-0.2, -0.15) is 12.6 Å². The molecule has 0 saturated carbocycles. The molecule has 5 nitrogen and oxygen atoms in total. The number of nitrogens with one attached hydrogen (secondary N) is 2. The van der Waals surface area contributed by atoms with Crippen molar-refractivity contribution in [2.24, 2.45) is 0 Å². The van der Waals surface area contributed by atoms with Crippen molar-refractivity contribution in [3.8, 4) is 0 Å². The lowest BCUT2D eigenvalue weighted by Crippen LogP contribution is -2.55. The van der Waals surface area contributed by atoms with E-state index in [1.165, 1.54) is 6.92 Å². The number of methoxy groups -OCH3 is 1. The summed E-state index contributed by atoms with van der Waals surface area (Å²) in [5.41, 5.74) is -0.467. The molecule has 0 heterocycles. The van der Waals surface area contributed by atoms with E-state index in [-0.39, 0.29) is 17.6 Å². The third kappa shape index (κ3) is 5.97. The van der Waals surface area contributed by atoms with Gasteiger partial charge in [-0.3, -0.25) is 9.59 Å². The zero-order chi connectivity index (χ0) is 12.8. The topological polar surface area (TPSA) is 67.4 Å². The Labute approximate surface area is 102 Å². The summed E-state index contributed by atoms with van der Waals surface area (Å²) in [5, 5.41) is 5.31. The molecule has 0 rings (SSSR count). The predicted octanol–water partition coefficient (Wildman–Crippen LogP) is -0.0379. The molecule has 16 heavy (non-hydrogen) atoms. The lowest BCUT2D eigenvalue weighted by Gasteiger charge is -2.27. The zero-order valence-corrected chi connectivity index (χ0v) is 11.1. The molecule has 0 aromatic heterocycles. The van der Waals surface area contributed by atoms with Gasteiger partial charge in [0.05, 0.1) is 12.1 Å². The van der Waals surface area contributed by atoms with E-state index in [9.17, 15) is 9.59 Å². The number of amides is 2. The van der Waals surface area contributed by atoms with Crippen molar-refractivity contribution in [2.45, 2.75) is 32.4 Å². The summed E-state index contributed by atoms with van der Waals surface area (Å²) >= 11 is 4.02. The van der Waals surface area contributed by atoms with Crippen LogP contribution in [0.5, 0.6) is 0 Å². The number of hydrogen-bond donors (Lipinski definition) is 3. The fourth-order valence-electron chi connectivity index (χ4n) is 1.26. The van der Waals surface area contributed by atoms with E-state index in [0.29, 0.717) is 6.61 Å². The largest absolute Gasteiger partial charge is 0.382 e. The van der Waals surface area contributed by atoms with Crippen molar-refractivity contribution in [1.29, 1.82) is 0 Å². The van der Waals surface area contributed by atoms with Gasteiger partial charge >= 0.3 is 0 Å². The Morgan fingerprint density at radius 1 is 1.44 bits per heavy atom. The average Bonchev–Trinajstić information content (AvgIpc) is 2.12. The maximum atomic E-state index is 11.8. The van der Waals surface area contributed by atoms with Crippen LogP contribution in [-0.2, 0) is 14.3 Å². The number of rotatable bonds is 6. The van der Waals surface area contributed by atoms with Crippen LogP contribution in [0, 0.1) is 0 Å². The molecule has 1 atom stereocenters. The van der Waals surface area contributed by atoms with E-state index in [1.807, 2.05) is 13.8 Å². The molecule has 2 N–H and O–H groups in total. The molecule has 2 amide bonds. The van der Waals surface area contributed by atoms with Gasteiger partial charge in [0.1, 0.15) is 6.04 Å². The third-order valence-electron chi connectivity index (χ3n) is 1.84. The van der Waals surface area contributed by atoms with E-state index < -0.39 is 11.6 Å². The van der Waals surface area contributed by atoms with Crippen LogP contribution in [0.15, 0.2) is 0 Å². The van der Waals surface area contributed by atoms with E-state index in [2.05, 4.69) is 23.3 Å². The van der Waals surface area contributed by atoms with Crippen LogP contribution >= 0.6 is 12.6 Å². The third-order valence-corrected chi connectivity index (χ3v) is 2.21. The second kappa shape index (κ2) is 6.75. The van der Waals surface area contributed by atoms with Crippen molar-refractivity contribution >= 4 is 24.4 Å². The van der Waals surface area contributed by atoms with Crippen molar-refractivity contribution < 1.29 is 14.3 Å². The van der Waals surface area contributed by atoms with E-state index >= 15 is 0 Å². The van der Waals surface area contributed by atoms with Crippen LogP contribution in [0.25, 0.3) is 0 Å². The molecule has 0 aromatic carbocycles. The molecular weight excluding hydrogens is 228 g/mol. The van der Waals surface area contributed by atoms with Crippen LogP contribution in [0.1, 0.15) is 20.8 Å². The van der Waals surface area contributed by atoms with Gasteiger partial charge in [0.15, 0.2) is 0 Å². The van der Waals surface area contributed by atoms with Crippen LogP contribution in [0.2, 0.25) is 0 Å². The summed E-state index contributed by atoms with van der Waals surface area (Å²) in [4.78, 5) is 22.6. The van der Waals surface area contributed by atoms with Crippen LogP contribution in [-0.4, -0.2) is 42.9 Å². The number of thiol groups is 1. The number of carbonyl (C=O) groups is 2. The van der Waals surface area contributed by atoms with E-state index in [0.717, 1.165) is 0 Å². The highest BCUT2D eigenvalue weighted by Crippen LogP contribution is 2.03. The second-order valence-corrected chi connectivity index (χ2v) is 4.61. The minimum Gasteiger partial charge on any atom is -0.382 e. The van der Waals surface area contributed by atoms with Gasteiger partial charge in [-0.1, -0.05) is 0 Å². The van der Waals surface area contributed by atoms with Gasteiger partial charge in [-0.05, 0) is 13.8 Å². The molecule has 0 aliphatic rings. The molecule has 1 unspecified atom stereocenters. The van der Waals surface area contributed by atoms with E-state index in [1.54, 1.807) is 7.11 Å².